The molecule has 102 valence electrons. The van der Waals surface area contributed by atoms with Crippen molar-refractivity contribution in [1.29, 1.82) is 0 Å². The lowest BCUT2D eigenvalue weighted by Crippen LogP contribution is -2.27. The highest BCUT2D eigenvalue weighted by Crippen LogP contribution is 2.13. The van der Waals surface area contributed by atoms with E-state index in [1.54, 1.807) is 0 Å². The Balaban J connectivity index is 2.30. The molecule has 0 bridgehead atoms. The van der Waals surface area contributed by atoms with Crippen molar-refractivity contribution in [2.45, 2.75) is 34.1 Å². The lowest BCUT2D eigenvalue weighted by atomic mass is 10.2. The molecule has 2 rings (SSSR count). The SMILES string of the molecule is CCc1nc2ccc(C(=O)NCC(C)C)cn2c1C. The van der Waals surface area contributed by atoms with Gasteiger partial charge in [0.25, 0.3) is 5.91 Å². The van der Waals surface area contributed by atoms with Crippen LogP contribution in [-0.4, -0.2) is 21.8 Å². The van der Waals surface area contributed by atoms with Crippen LogP contribution in [0.2, 0.25) is 0 Å². The summed E-state index contributed by atoms with van der Waals surface area (Å²) >= 11 is 0. The fourth-order valence-corrected chi connectivity index (χ4v) is 2.08. The fraction of sp³-hybridized carbons (Fsp3) is 0.467. The van der Waals surface area contributed by atoms with Gasteiger partial charge in [-0.2, -0.15) is 0 Å². The predicted molar refractivity (Wildman–Crippen MR) is 76.5 cm³/mol. The third-order valence-electron chi connectivity index (χ3n) is 3.22. The predicted octanol–water partition coefficient (Wildman–Crippen LogP) is 2.59. The van der Waals surface area contributed by atoms with Crippen LogP contribution in [0.3, 0.4) is 0 Å². The summed E-state index contributed by atoms with van der Waals surface area (Å²) in [6, 6.07) is 3.73. The molecule has 2 heterocycles. The van der Waals surface area contributed by atoms with Crippen LogP contribution in [0.5, 0.6) is 0 Å². The second kappa shape index (κ2) is 5.43. The van der Waals surface area contributed by atoms with E-state index in [1.807, 2.05) is 29.7 Å². The quantitative estimate of drug-likeness (QED) is 0.917. The van der Waals surface area contributed by atoms with E-state index in [-0.39, 0.29) is 5.91 Å². The molecular formula is C15H21N3O. The second-order valence-corrected chi connectivity index (χ2v) is 5.25. The molecular weight excluding hydrogens is 238 g/mol. The van der Waals surface area contributed by atoms with Crippen LogP contribution in [0.4, 0.5) is 0 Å². The number of fused-ring (bicyclic) bond motifs is 1. The molecule has 1 amide bonds. The molecule has 0 saturated carbocycles. The summed E-state index contributed by atoms with van der Waals surface area (Å²) in [5.74, 6) is 0.427. The minimum atomic E-state index is -0.0262. The van der Waals surface area contributed by atoms with Crippen LogP contribution in [-0.2, 0) is 6.42 Å². The van der Waals surface area contributed by atoms with Crippen molar-refractivity contribution < 1.29 is 4.79 Å². The van der Waals surface area contributed by atoms with E-state index in [2.05, 4.69) is 31.1 Å². The van der Waals surface area contributed by atoms with Gasteiger partial charge in [0.1, 0.15) is 5.65 Å². The van der Waals surface area contributed by atoms with Gasteiger partial charge in [-0.1, -0.05) is 20.8 Å². The number of imidazole rings is 1. The Kier molecular flexibility index (Phi) is 3.88. The number of hydrogen-bond acceptors (Lipinski definition) is 2. The van der Waals surface area contributed by atoms with E-state index in [0.29, 0.717) is 18.0 Å². The molecule has 0 spiro atoms. The van der Waals surface area contributed by atoms with Gasteiger partial charge in [0.05, 0.1) is 11.3 Å². The van der Waals surface area contributed by atoms with E-state index in [9.17, 15) is 4.79 Å². The second-order valence-electron chi connectivity index (χ2n) is 5.25. The first-order chi connectivity index (χ1) is 9.02. The van der Waals surface area contributed by atoms with E-state index >= 15 is 0 Å². The molecule has 4 heteroatoms. The first kappa shape index (κ1) is 13.6. The molecule has 0 aliphatic heterocycles. The molecule has 0 saturated heterocycles. The molecule has 0 radical (unpaired) electrons. The largest absolute Gasteiger partial charge is 0.352 e. The summed E-state index contributed by atoms with van der Waals surface area (Å²) in [5, 5.41) is 2.93. The molecule has 0 aliphatic rings. The van der Waals surface area contributed by atoms with Crippen molar-refractivity contribution in [3.8, 4) is 0 Å². The third kappa shape index (κ3) is 2.78. The maximum atomic E-state index is 12.0. The number of nitrogens with one attached hydrogen (secondary N) is 1. The zero-order chi connectivity index (χ0) is 14.0. The topological polar surface area (TPSA) is 46.4 Å². The number of nitrogens with zero attached hydrogens (tertiary/aromatic N) is 2. The van der Waals surface area contributed by atoms with Crippen LogP contribution in [0, 0.1) is 12.8 Å². The first-order valence-corrected chi connectivity index (χ1v) is 6.78. The van der Waals surface area contributed by atoms with Gasteiger partial charge in [-0.25, -0.2) is 4.98 Å². The zero-order valence-corrected chi connectivity index (χ0v) is 12.0. The molecule has 1 N–H and O–H groups in total. The van der Waals surface area contributed by atoms with Crippen molar-refractivity contribution in [3.63, 3.8) is 0 Å². The van der Waals surface area contributed by atoms with Crippen molar-refractivity contribution in [1.82, 2.24) is 14.7 Å². The average molecular weight is 259 g/mol. The van der Waals surface area contributed by atoms with E-state index in [4.69, 9.17) is 0 Å². The molecule has 0 aliphatic carbocycles. The summed E-state index contributed by atoms with van der Waals surface area (Å²) in [5.41, 5.74) is 3.77. The van der Waals surface area contributed by atoms with Crippen LogP contribution in [0.25, 0.3) is 5.65 Å². The number of carbonyl (C=O) groups excluding carboxylic acids is 1. The Morgan fingerprint density at radius 1 is 1.42 bits per heavy atom. The van der Waals surface area contributed by atoms with Crippen LogP contribution in [0.1, 0.15) is 42.5 Å². The molecule has 19 heavy (non-hydrogen) atoms. The summed E-state index contributed by atoms with van der Waals surface area (Å²) in [6.07, 6.45) is 2.77. The molecule has 2 aromatic rings. The number of aryl methyl sites for hydroxylation is 2. The number of aromatic nitrogens is 2. The van der Waals surface area contributed by atoms with Crippen molar-refractivity contribution in [2.24, 2.45) is 5.92 Å². The van der Waals surface area contributed by atoms with Crippen LogP contribution < -0.4 is 5.32 Å². The van der Waals surface area contributed by atoms with Crippen molar-refractivity contribution in [2.75, 3.05) is 6.54 Å². The number of pyridine rings is 1. The van der Waals surface area contributed by atoms with Crippen LogP contribution in [0.15, 0.2) is 18.3 Å². The third-order valence-corrected chi connectivity index (χ3v) is 3.22. The normalized spacial score (nSPS) is 11.2. The minimum absolute atomic E-state index is 0.0262. The Hall–Kier alpha value is -1.84. The number of rotatable bonds is 4. The van der Waals surface area contributed by atoms with Gasteiger partial charge in [0.15, 0.2) is 0 Å². The van der Waals surface area contributed by atoms with Gasteiger partial charge in [0.2, 0.25) is 0 Å². The van der Waals surface area contributed by atoms with Gasteiger partial charge in [-0.3, -0.25) is 4.79 Å². The number of amides is 1. The summed E-state index contributed by atoms with van der Waals surface area (Å²) < 4.78 is 1.99. The Morgan fingerprint density at radius 2 is 2.16 bits per heavy atom. The molecule has 0 fully saturated rings. The molecule has 4 nitrogen and oxygen atoms in total. The molecule has 0 atom stereocenters. The lowest BCUT2D eigenvalue weighted by molar-refractivity contribution is 0.0948. The highest BCUT2D eigenvalue weighted by Gasteiger charge is 2.10. The van der Waals surface area contributed by atoms with Crippen LogP contribution >= 0.6 is 0 Å². The van der Waals surface area contributed by atoms with Gasteiger partial charge >= 0.3 is 0 Å². The summed E-state index contributed by atoms with van der Waals surface area (Å²) in [4.78, 5) is 16.6. The lowest BCUT2D eigenvalue weighted by Gasteiger charge is -2.08. The van der Waals surface area contributed by atoms with Crippen molar-refractivity contribution >= 4 is 11.6 Å². The number of carbonyl (C=O) groups is 1. The van der Waals surface area contributed by atoms with Gasteiger partial charge in [-0.15, -0.1) is 0 Å². The van der Waals surface area contributed by atoms with E-state index in [1.165, 1.54) is 0 Å². The van der Waals surface area contributed by atoms with Gasteiger partial charge < -0.3 is 9.72 Å². The highest BCUT2D eigenvalue weighted by atomic mass is 16.1. The van der Waals surface area contributed by atoms with Crippen molar-refractivity contribution in [3.05, 3.63) is 35.3 Å². The standard InChI is InChI=1S/C15H21N3O/c1-5-13-11(4)18-9-12(6-7-14(18)17-13)15(19)16-8-10(2)3/h6-7,9-10H,5,8H2,1-4H3,(H,16,19). The summed E-state index contributed by atoms with van der Waals surface area (Å²) in [7, 11) is 0. The minimum Gasteiger partial charge on any atom is -0.352 e. The summed E-state index contributed by atoms with van der Waals surface area (Å²) in [6.45, 7) is 8.98. The molecule has 0 aromatic carbocycles. The number of hydrogen-bond donors (Lipinski definition) is 1. The van der Waals surface area contributed by atoms with E-state index in [0.717, 1.165) is 23.5 Å². The average Bonchev–Trinajstić information content (AvgIpc) is 2.72. The van der Waals surface area contributed by atoms with E-state index < -0.39 is 0 Å². The molecule has 2 aromatic heterocycles. The van der Waals surface area contributed by atoms with Gasteiger partial charge in [-0.05, 0) is 31.4 Å². The first-order valence-electron chi connectivity index (χ1n) is 6.78. The fourth-order valence-electron chi connectivity index (χ4n) is 2.08. The molecule has 0 unspecified atom stereocenters. The highest BCUT2D eigenvalue weighted by molar-refractivity contribution is 5.94. The monoisotopic (exact) mass is 259 g/mol. The Labute approximate surface area is 113 Å². The van der Waals surface area contributed by atoms with Gasteiger partial charge in [0, 0.05) is 18.4 Å². The maximum absolute atomic E-state index is 12.0. The maximum Gasteiger partial charge on any atom is 0.252 e. The Morgan fingerprint density at radius 3 is 2.79 bits per heavy atom. The Bertz CT molecular complexity index is 599. The smallest absolute Gasteiger partial charge is 0.252 e. The zero-order valence-electron chi connectivity index (χ0n) is 12.0.